The lowest BCUT2D eigenvalue weighted by molar-refractivity contribution is -0.129. The third kappa shape index (κ3) is 3.56. The Morgan fingerprint density at radius 1 is 1.29 bits per heavy atom. The van der Waals surface area contributed by atoms with Crippen LogP contribution in [0.15, 0.2) is 53.8 Å². The van der Waals surface area contributed by atoms with Crippen molar-refractivity contribution in [2.45, 2.75) is 23.9 Å². The second kappa shape index (κ2) is 7.00. The number of hydrogen-bond donors (Lipinski definition) is 0. The van der Waals surface area contributed by atoms with Gasteiger partial charge in [-0.05, 0) is 36.8 Å². The van der Waals surface area contributed by atoms with Gasteiger partial charge in [-0.15, -0.1) is 10.2 Å². The second-order valence-electron chi connectivity index (χ2n) is 5.50. The molecule has 0 N–H and O–H groups in total. The first-order valence-corrected chi connectivity index (χ1v) is 8.38. The molecule has 1 unspecified atom stereocenters. The van der Waals surface area contributed by atoms with Gasteiger partial charge in [0.15, 0.2) is 10.8 Å². The Bertz CT molecular complexity index is 866. The lowest BCUT2D eigenvalue weighted by Crippen LogP contribution is -2.32. The number of carbonyl (C=O) groups excluding carboxylic acids is 1. The Morgan fingerprint density at radius 3 is 2.92 bits per heavy atom. The monoisotopic (exact) mass is 344 g/mol. The van der Waals surface area contributed by atoms with Crippen LogP contribution >= 0.6 is 11.8 Å². The fourth-order valence-corrected chi connectivity index (χ4v) is 3.36. The van der Waals surface area contributed by atoms with Crippen LogP contribution in [-0.2, 0) is 11.3 Å². The van der Waals surface area contributed by atoms with Gasteiger partial charge in [0.2, 0.25) is 5.91 Å². The minimum atomic E-state index is -0.323. The Kier molecular flexibility index (Phi) is 4.80. The molecule has 2 heterocycles. The van der Waals surface area contributed by atoms with Crippen molar-refractivity contribution in [3.8, 4) is 0 Å². The van der Waals surface area contributed by atoms with Crippen molar-refractivity contribution >= 4 is 23.3 Å². The van der Waals surface area contributed by atoms with Crippen LogP contribution in [0.1, 0.15) is 12.5 Å². The molecule has 3 aromatic rings. The number of amides is 1. The van der Waals surface area contributed by atoms with Crippen LogP contribution < -0.4 is 0 Å². The molecule has 0 aliphatic carbocycles. The smallest absolute Gasteiger partial charge is 0.235 e. The zero-order valence-corrected chi connectivity index (χ0v) is 14.2. The predicted octanol–water partition coefficient (Wildman–Crippen LogP) is 3.01. The quantitative estimate of drug-likeness (QED) is 0.668. The highest BCUT2D eigenvalue weighted by molar-refractivity contribution is 8.00. The number of rotatable bonds is 5. The first-order valence-electron chi connectivity index (χ1n) is 7.50. The molecule has 1 amide bonds. The van der Waals surface area contributed by atoms with E-state index in [1.165, 1.54) is 23.9 Å². The van der Waals surface area contributed by atoms with Gasteiger partial charge in [-0.1, -0.05) is 30.0 Å². The molecule has 0 aliphatic heterocycles. The van der Waals surface area contributed by atoms with Crippen LogP contribution in [0.5, 0.6) is 0 Å². The number of pyridine rings is 1. The fourth-order valence-electron chi connectivity index (χ4n) is 2.41. The van der Waals surface area contributed by atoms with E-state index in [4.69, 9.17) is 0 Å². The molecule has 1 atom stereocenters. The van der Waals surface area contributed by atoms with Crippen LogP contribution in [0.25, 0.3) is 5.65 Å². The van der Waals surface area contributed by atoms with Crippen molar-refractivity contribution in [3.63, 3.8) is 0 Å². The molecule has 0 saturated heterocycles. The maximum absolute atomic E-state index is 13.3. The first-order chi connectivity index (χ1) is 11.5. The molecule has 0 radical (unpaired) electrons. The van der Waals surface area contributed by atoms with Gasteiger partial charge in [-0.3, -0.25) is 9.20 Å². The number of thioether (sulfide) groups is 1. The van der Waals surface area contributed by atoms with Crippen molar-refractivity contribution in [2.75, 3.05) is 7.05 Å². The lowest BCUT2D eigenvalue weighted by Gasteiger charge is -2.20. The summed E-state index contributed by atoms with van der Waals surface area (Å²) in [4.78, 5) is 14.1. The number of nitrogens with zero attached hydrogens (tertiary/aromatic N) is 4. The van der Waals surface area contributed by atoms with Crippen molar-refractivity contribution in [3.05, 3.63) is 60.0 Å². The van der Waals surface area contributed by atoms with Gasteiger partial charge in [-0.25, -0.2) is 4.39 Å². The lowest BCUT2D eigenvalue weighted by atomic mass is 10.2. The van der Waals surface area contributed by atoms with E-state index in [1.54, 1.807) is 24.1 Å². The van der Waals surface area contributed by atoms with Gasteiger partial charge in [0.25, 0.3) is 0 Å². The molecule has 24 heavy (non-hydrogen) atoms. The average molecular weight is 344 g/mol. The van der Waals surface area contributed by atoms with E-state index < -0.39 is 0 Å². The molecular formula is C17H17FN4OS. The third-order valence-electron chi connectivity index (χ3n) is 3.60. The number of carbonyl (C=O) groups is 1. The fraction of sp³-hybridized carbons (Fsp3) is 0.235. The normalized spacial score (nSPS) is 12.3. The number of hydrogen-bond acceptors (Lipinski definition) is 4. The van der Waals surface area contributed by atoms with Crippen LogP contribution in [0.2, 0.25) is 0 Å². The van der Waals surface area contributed by atoms with E-state index in [0.29, 0.717) is 11.7 Å². The first kappa shape index (κ1) is 16.4. The molecule has 124 valence electrons. The SMILES string of the molecule is CC(Sc1nnc2ccccn12)C(=O)N(C)Cc1cccc(F)c1. The number of halogens is 1. The van der Waals surface area contributed by atoms with Gasteiger partial charge in [0, 0.05) is 19.8 Å². The Hall–Kier alpha value is -2.41. The van der Waals surface area contributed by atoms with Crippen LogP contribution in [-0.4, -0.2) is 37.7 Å². The van der Waals surface area contributed by atoms with Crippen molar-refractivity contribution in [2.24, 2.45) is 0 Å². The second-order valence-corrected chi connectivity index (χ2v) is 6.80. The average Bonchev–Trinajstić information content (AvgIpc) is 2.97. The molecule has 0 saturated carbocycles. The zero-order chi connectivity index (χ0) is 17.1. The highest BCUT2D eigenvalue weighted by Gasteiger charge is 2.21. The van der Waals surface area contributed by atoms with Gasteiger partial charge < -0.3 is 4.90 Å². The minimum Gasteiger partial charge on any atom is -0.340 e. The maximum atomic E-state index is 13.3. The Morgan fingerprint density at radius 2 is 2.12 bits per heavy atom. The molecule has 3 rings (SSSR count). The molecule has 5 nitrogen and oxygen atoms in total. The van der Waals surface area contributed by atoms with Crippen molar-refractivity contribution in [1.82, 2.24) is 19.5 Å². The van der Waals surface area contributed by atoms with Crippen molar-refractivity contribution < 1.29 is 9.18 Å². The summed E-state index contributed by atoms with van der Waals surface area (Å²) in [6.07, 6.45) is 1.87. The largest absolute Gasteiger partial charge is 0.340 e. The summed E-state index contributed by atoms with van der Waals surface area (Å²) in [5.41, 5.74) is 1.50. The standard InChI is InChI=1S/C17H17FN4OS/c1-12(24-17-20-19-15-8-3-4-9-22(15)17)16(23)21(2)11-13-6-5-7-14(18)10-13/h3-10,12H,11H2,1-2H3. The van der Waals surface area contributed by atoms with E-state index in [-0.39, 0.29) is 17.0 Å². The minimum absolute atomic E-state index is 0.0445. The van der Waals surface area contributed by atoms with Crippen LogP contribution in [0, 0.1) is 5.82 Å². The van der Waals surface area contributed by atoms with E-state index in [9.17, 15) is 9.18 Å². The summed E-state index contributed by atoms with van der Waals surface area (Å²) in [7, 11) is 1.71. The molecule has 0 aliphatic rings. The number of aromatic nitrogens is 3. The Balaban J connectivity index is 1.67. The van der Waals surface area contributed by atoms with Gasteiger partial charge in [0.1, 0.15) is 5.82 Å². The summed E-state index contributed by atoms with van der Waals surface area (Å²) in [5.74, 6) is -0.345. The van der Waals surface area contributed by atoms with E-state index in [0.717, 1.165) is 11.2 Å². The third-order valence-corrected chi connectivity index (χ3v) is 4.64. The summed E-state index contributed by atoms with van der Waals surface area (Å²) < 4.78 is 15.1. The summed E-state index contributed by atoms with van der Waals surface area (Å²) >= 11 is 1.35. The molecule has 0 spiro atoms. The topological polar surface area (TPSA) is 50.5 Å². The zero-order valence-electron chi connectivity index (χ0n) is 13.4. The molecule has 7 heteroatoms. The van der Waals surface area contributed by atoms with Crippen LogP contribution in [0.3, 0.4) is 0 Å². The molecule has 2 aromatic heterocycles. The predicted molar refractivity (Wildman–Crippen MR) is 91.2 cm³/mol. The van der Waals surface area contributed by atoms with E-state index in [2.05, 4.69) is 10.2 Å². The molecule has 0 bridgehead atoms. The summed E-state index contributed by atoms with van der Waals surface area (Å²) in [6, 6.07) is 11.9. The molecule has 1 aromatic carbocycles. The van der Waals surface area contributed by atoms with E-state index in [1.807, 2.05) is 35.7 Å². The highest BCUT2D eigenvalue weighted by atomic mass is 32.2. The van der Waals surface area contributed by atoms with E-state index >= 15 is 0 Å². The van der Waals surface area contributed by atoms with Crippen LogP contribution in [0.4, 0.5) is 4.39 Å². The number of fused-ring (bicyclic) bond motifs is 1. The maximum Gasteiger partial charge on any atom is 0.235 e. The summed E-state index contributed by atoms with van der Waals surface area (Å²) in [6.45, 7) is 2.20. The van der Waals surface area contributed by atoms with Crippen molar-refractivity contribution in [1.29, 1.82) is 0 Å². The molecule has 0 fully saturated rings. The van der Waals surface area contributed by atoms with Gasteiger partial charge >= 0.3 is 0 Å². The van der Waals surface area contributed by atoms with Gasteiger partial charge in [-0.2, -0.15) is 0 Å². The number of benzene rings is 1. The Labute approximate surface area is 143 Å². The molecular weight excluding hydrogens is 327 g/mol. The highest BCUT2D eigenvalue weighted by Crippen LogP contribution is 2.23. The van der Waals surface area contributed by atoms with Gasteiger partial charge in [0.05, 0.1) is 5.25 Å². The summed E-state index contributed by atoms with van der Waals surface area (Å²) in [5, 5.41) is 8.56.